The van der Waals surface area contributed by atoms with Crippen LogP contribution in [-0.4, -0.2) is 73.8 Å². The summed E-state index contributed by atoms with van der Waals surface area (Å²) in [5.74, 6) is 1.09. The van der Waals surface area contributed by atoms with Crippen molar-refractivity contribution in [1.29, 1.82) is 0 Å². The molecule has 0 unspecified atom stereocenters. The first-order chi connectivity index (χ1) is 12.2. The Morgan fingerprint density at radius 2 is 1.85 bits per heavy atom. The quantitative estimate of drug-likeness (QED) is 0.790. The van der Waals surface area contributed by atoms with Crippen LogP contribution in [0.3, 0.4) is 0 Å². The van der Waals surface area contributed by atoms with Crippen molar-refractivity contribution in [2.75, 3.05) is 45.9 Å². The number of halogens is 2. The summed E-state index contributed by atoms with van der Waals surface area (Å²) in [5, 5.41) is 3.29. The lowest BCUT2D eigenvalue weighted by Crippen LogP contribution is -2.59. The van der Waals surface area contributed by atoms with Crippen LogP contribution in [-0.2, 0) is 16.1 Å². The van der Waals surface area contributed by atoms with Gasteiger partial charge >= 0.3 is 0 Å². The average Bonchev–Trinajstić information content (AvgIpc) is 2.64. The number of hydrogen-bond acceptors (Lipinski definition) is 5. The summed E-state index contributed by atoms with van der Waals surface area (Å²) in [6.07, 6.45) is -0.0527. The van der Waals surface area contributed by atoms with Gasteiger partial charge in [-0.15, -0.1) is 24.8 Å². The van der Waals surface area contributed by atoms with Crippen LogP contribution in [0.5, 0.6) is 5.75 Å². The monoisotopic (exact) mass is 419 g/mol. The maximum atomic E-state index is 12.7. The molecule has 3 rings (SSSR count). The third-order valence-corrected chi connectivity index (χ3v) is 4.91. The van der Waals surface area contributed by atoms with Gasteiger partial charge in [-0.25, -0.2) is 0 Å². The fourth-order valence-electron chi connectivity index (χ4n) is 3.45. The third kappa shape index (κ3) is 6.50. The third-order valence-electron chi connectivity index (χ3n) is 4.91. The fraction of sp³-hybridized carbons (Fsp3) is 0.632. The lowest BCUT2D eigenvalue weighted by Gasteiger charge is -2.38. The predicted molar refractivity (Wildman–Crippen MR) is 111 cm³/mol. The number of carbonyl (C=O) groups is 1. The number of rotatable bonds is 5. The van der Waals surface area contributed by atoms with Crippen LogP contribution in [0.4, 0.5) is 0 Å². The highest BCUT2D eigenvalue weighted by atomic mass is 35.5. The molecule has 1 aromatic carbocycles. The van der Waals surface area contributed by atoms with E-state index in [1.807, 2.05) is 30.9 Å². The summed E-state index contributed by atoms with van der Waals surface area (Å²) in [6.45, 7) is 10.4. The summed E-state index contributed by atoms with van der Waals surface area (Å²) in [6, 6.07) is 8.08. The van der Waals surface area contributed by atoms with Crippen LogP contribution in [0.2, 0.25) is 0 Å². The van der Waals surface area contributed by atoms with Crippen LogP contribution >= 0.6 is 24.8 Å². The van der Waals surface area contributed by atoms with Gasteiger partial charge in [0.1, 0.15) is 11.8 Å². The number of benzene rings is 1. The van der Waals surface area contributed by atoms with Gasteiger partial charge in [-0.05, 0) is 31.5 Å². The largest absolute Gasteiger partial charge is 0.494 e. The van der Waals surface area contributed by atoms with Crippen molar-refractivity contribution >= 4 is 30.7 Å². The molecule has 1 aromatic rings. The summed E-state index contributed by atoms with van der Waals surface area (Å²) >= 11 is 0. The molecule has 2 aliphatic rings. The SMILES string of the molecule is CCOc1ccc(CN2CCN(C(=O)[C@H]3NCCO[C@@H]3C)CC2)cc1.Cl.Cl. The van der Waals surface area contributed by atoms with Crippen LogP contribution in [0.15, 0.2) is 24.3 Å². The fourth-order valence-corrected chi connectivity index (χ4v) is 3.45. The summed E-state index contributed by atoms with van der Waals surface area (Å²) in [5.41, 5.74) is 1.28. The second-order valence-electron chi connectivity index (χ2n) is 6.69. The van der Waals surface area contributed by atoms with E-state index in [0.717, 1.165) is 45.0 Å². The van der Waals surface area contributed by atoms with Crippen LogP contribution in [0, 0.1) is 0 Å². The molecule has 1 N–H and O–H groups in total. The van der Waals surface area contributed by atoms with Gasteiger partial charge in [0.25, 0.3) is 0 Å². The predicted octanol–water partition coefficient (Wildman–Crippen LogP) is 1.95. The highest BCUT2D eigenvalue weighted by Gasteiger charge is 2.33. The maximum absolute atomic E-state index is 12.7. The Labute approximate surface area is 174 Å². The topological polar surface area (TPSA) is 54.0 Å². The van der Waals surface area contributed by atoms with Gasteiger partial charge < -0.3 is 19.7 Å². The molecular weight excluding hydrogens is 389 g/mol. The Bertz CT molecular complexity index is 566. The number of nitrogens with one attached hydrogen (secondary N) is 1. The Kier molecular flexibility index (Phi) is 10.4. The zero-order valence-corrected chi connectivity index (χ0v) is 17.7. The van der Waals surface area contributed by atoms with E-state index in [2.05, 4.69) is 22.3 Å². The molecular formula is C19H31Cl2N3O3. The van der Waals surface area contributed by atoms with E-state index in [-0.39, 0.29) is 42.9 Å². The highest BCUT2D eigenvalue weighted by molar-refractivity contribution is 5.85. The Morgan fingerprint density at radius 1 is 1.19 bits per heavy atom. The molecule has 0 aliphatic carbocycles. The standard InChI is InChI=1S/C19H29N3O3.2ClH/c1-3-24-17-6-4-16(5-7-17)14-21-9-11-22(12-10-21)19(23)18-15(2)25-13-8-20-18;;/h4-7,15,18,20H,3,8-14H2,1-2H3;2*1H/t15-,18+;;/m1../s1. The molecule has 154 valence electrons. The molecule has 0 radical (unpaired) electrons. The van der Waals surface area contributed by atoms with Gasteiger partial charge in [0, 0.05) is 39.3 Å². The van der Waals surface area contributed by atoms with E-state index in [0.29, 0.717) is 13.2 Å². The Hall–Kier alpha value is -1.05. The normalized spacial score (nSPS) is 23.1. The Balaban J connectivity index is 0.00000182. The molecule has 2 aliphatic heterocycles. The first-order valence-electron chi connectivity index (χ1n) is 9.25. The number of piperazine rings is 1. The van der Waals surface area contributed by atoms with Gasteiger partial charge in [0.2, 0.25) is 5.91 Å². The smallest absolute Gasteiger partial charge is 0.242 e. The molecule has 27 heavy (non-hydrogen) atoms. The lowest BCUT2D eigenvalue weighted by molar-refractivity contribution is -0.141. The minimum atomic E-state index is -0.202. The molecule has 2 heterocycles. The van der Waals surface area contributed by atoms with Crippen molar-refractivity contribution < 1.29 is 14.3 Å². The van der Waals surface area contributed by atoms with Crippen molar-refractivity contribution in [3.05, 3.63) is 29.8 Å². The second kappa shape index (κ2) is 11.7. The molecule has 2 fully saturated rings. The van der Waals surface area contributed by atoms with Crippen LogP contribution in [0.1, 0.15) is 19.4 Å². The molecule has 0 aromatic heterocycles. The van der Waals surface area contributed by atoms with E-state index < -0.39 is 0 Å². The molecule has 1 amide bonds. The van der Waals surface area contributed by atoms with Crippen LogP contribution < -0.4 is 10.1 Å². The number of morpholine rings is 1. The average molecular weight is 420 g/mol. The van der Waals surface area contributed by atoms with Crippen molar-refractivity contribution in [1.82, 2.24) is 15.1 Å². The zero-order valence-electron chi connectivity index (χ0n) is 16.1. The summed E-state index contributed by atoms with van der Waals surface area (Å²) in [4.78, 5) is 17.0. The number of carbonyl (C=O) groups excluding carboxylic acids is 1. The molecule has 8 heteroatoms. The van der Waals surface area contributed by atoms with Gasteiger partial charge in [0.15, 0.2) is 0 Å². The van der Waals surface area contributed by atoms with Crippen molar-refractivity contribution in [2.45, 2.75) is 32.5 Å². The van der Waals surface area contributed by atoms with E-state index in [4.69, 9.17) is 9.47 Å². The first kappa shape index (κ1) is 24.0. The lowest BCUT2D eigenvalue weighted by atomic mass is 10.1. The molecule has 0 spiro atoms. The Morgan fingerprint density at radius 3 is 2.44 bits per heavy atom. The van der Waals surface area contributed by atoms with Crippen molar-refractivity contribution in [3.8, 4) is 5.75 Å². The minimum absolute atomic E-state index is 0. The van der Waals surface area contributed by atoms with E-state index in [9.17, 15) is 4.79 Å². The number of ether oxygens (including phenoxy) is 2. The second-order valence-corrected chi connectivity index (χ2v) is 6.69. The molecule has 6 nitrogen and oxygen atoms in total. The van der Waals surface area contributed by atoms with Crippen LogP contribution in [0.25, 0.3) is 0 Å². The number of nitrogens with zero attached hydrogens (tertiary/aromatic N) is 2. The zero-order chi connectivity index (χ0) is 17.6. The molecule has 0 bridgehead atoms. The van der Waals surface area contributed by atoms with Crippen molar-refractivity contribution in [3.63, 3.8) is 0 Å². The van der Waals surface area contributed by atoms with Gasteiger partial charge in [-0.2, -0.15) is 0 Å². The molecule has 0 saturated carbocycles. The van der Waals surface area contributed by atoms with E-state index in [1.165, 1.54) is 5.56 Å². The number of amides is 1. The van der Waals surface area contributed by atoms with E-state index >= 15 is 0 Å². The minimum Gasteiger partial charge on any atom is -0.494 e. The summed E-state index contributed by atoms with van der Waals surface area (Å²) in [7, 11) is 0. The van der Waals surface area contributed by atoms with Gasteiger partial charge in [-0.3, -0.25) is 9.69 Å². The van der Waals surface area contributed by atoms with E-state index in [1.54, 1.807) is 0 Å². The summed E-state index contributed by atoms with van der Waals surface area (Å²) < 4.78 is 11.1. The number of hydrogen-bond donors (Lipinski definition) is 1. The molecule has 2 atom stereocenters. The maximum Gasteiger partial charge on any atom is 0.242 e. The first-order valence-corrected chi connectivity index (χ1v) is 9.25. The van der Waals surface area contributed by atoms with Crippen molar-refractivity contribution in [2.24, 2.45) is 0 Å². The highest BCUT2D eigenvalue weighted by Crippen LogP contribution is 2.15. The van der Waals surface area contributed by atoms with Gasteiger partial charge in [0.05, 0.1) is 19.3 Å². The van der Waals surface area contributed by atoms with Gasteiger partial charge in [-0.1, -0.05) is 12.1 Å². The molecule has 2 saturated heterocycles.